The van der Waals surface area contributed by atoms with Crippen LogP contribution in [0.5, 0.6) is 0 Å². The number of carbonyl (C=O) groups is 2. The molecule has 4 nitrogen and oxygen atoms in total. The largest absolute Gasteiger partial charge is 0.481 e. The molecule has 0 fully saturated rings. The van der Waals surface area contributed by atoms with Gasteiger partial charge in [0.2, 0.25) is 5.91 Å². The first-order valence-electron chi connectivity index (χ1n) is 5.19. The maximum absolute atomic E-state index is 11.9. The van der Waals surface area contributed by atoms with Crippen LogP contribution >= 0.6 is 0 Å². The van der Waals surface area contributed by atoms with Gasteiger partial charge >= 0.3 is 5.97 Å². The molecule has 1 heterocycles. The number of nitrogens with zero attached hydrogens (tertiary/aromatic N) is 1. The number of hydrogen-bond acceptors (Lipinski definition) is 2. The van der Waals surface area contributed by atoms with E-state index in [0.29, 0.717) is 6.42 Å². The van der Waals surface area contributed by atoms with Crippen LogP contribution in [0.4, 0.5) is 5.69 Å². The first-order valence-corrected chi connectivity index (χ1v) is 5.19. The molecule has 0 aromatic heterocycles. The molecule has 4 heteroatoms. The molecule has 16 heavy (non-hydrogen) atoms. The van der Waals surface area contributed by atoms with Crippen LogP contribution in [0.1, 0.15) is 24.3 Å². The number of hydrogen-bond donors (Lipinski definition) is 1. The van der Waals surface area contributed by atoms with Crippen LogP contribution in [0.25, 0.3) is 0 Å². The molecule has 1 N–H and O–H groups in total. The lowest BCUT2D eigenvalue weighted by Gasteiger charge is -2.10. The molecule has 0 bridgehead atoms. The zero-order valence-electron chi connectivity index (χ0n) is 9.01. The molecule has 1 aliphatic heterocycles. The van der Waals surface area contributed by atoms with Crippen molar-refractivity contribution in [3.05, 3.63) is 29.8 Å². The molecule has 0 radical (unpaired) electrons. The number of para-hydroxylation sites is 1. The molecular formula is C12H13NO3. The molecule has 0 aliphatic carbocycles. The van der Waals surface area contributed by atoms with Crippen molar-refractivity contribution in [2.24, 2.45) is 0 Å². The van der Waals surface area contributed by atoms with Crippen LogP contribution in [0.2, 0.25) is 0 Å². The van der Waals surface area contributed by atoms with Gasteiger partial charge in [-0.25, -0.2) is 0 Å². The van der Waals surface area contributed by atoms with Gasteiger partial charge in [0.1, 0.15) is 0 Å². The smallest absolute Gasteiger partial charge is 0.303 e. The minimum Gasteiger partial charge on any atom is -0.481 e. The van der Waals surface area contributed by atoms with Crippen molar-refractivity contribution in [2.75, 3.05) is 11.9 Å². The zero-order valence-corrected chi connectivity index (χ0v) is 9.01. The predicted octanol–water partition coefficient (Wildman–Crippen LogP) is 1.61. The van der Waals surface area contributed by atoms with Gasteiger partial charge in [0.05, 0.1) is 5.92 Å². The molecule has 1 atom stereocenters. The lowest BCUT2D eigenvalue weighted by molar-refractivity contribution is -0.137. The number of benzene rings is 1. The standard InChI is InChI=1S/C12H13NO3/c1-13-10-5-3-2-4-8(10)9(12(13)16)6-7-11(14)15/h2-5,9H,6-7H2,1H3,(H,14,15)/t9-/m0/s1. The minimum absolute atomic E-state index is 0.0116. The summed E-state index contributed by atoms with van der Waals surface area (Å²) in [6.45, 7) is 0. The van der Waals surface area contributed by atoms with Crippen LogP contribution in [0, 0.1) is 0 Å². The highest BCUT2D eigenvalue weighted by Crippen LogP contribution is 2.38. The summed E-state index contributed by atoms with van der Waals surface area (Å²) >= 11 is 0. The number of amides is 1. The van der Waals surface area contributed by atoms with Crippen molar-refractivity contribution >= 4 is 17.6 Å². The first kappa shape index (κ1) is 10.7. The number of rotatable bonds is 3. The van der Waals surface area contributed by atoms with E-state index in [0.717, 1.165) is 11.3 Å². The van der Waals surface area contributed by atoms with E-state index in [9.17, 15) is 9.59 Å². The van der Waals surface area contributed by atoms with Gasteiger partial charge in [0.15, 0.2) is 0 Å². The maximum atomic E-state index is 11.9. The van der Waals surface area contributed by atoms with E-state index in [4.69, 9.17) is 5.11 Å². The Morgan fingerprint density at radius 1 is 1.44 bits per heavy atom. The fraction of sp³-hybridized carbons (Fsp3) is 0.333. The number of aliphatic carboxylic acids is 1. The van der Waals surface area contributed by atoms with Gasteiger partial charge in [-0.3, -0.25) is 9.59 Å². The molecule has 1 amide bonds. The van der Waals surface area contributed by atoms with Gasteiger partial charge in [-0.1, -0.05) is 18.2 Å². The molecule has 1 aromatic rings. The van der Waals surface area contributed by atoms with Gasteiger partial charge in [0, 0.05) is 19.2 Å². The molecule has 0 saturated carbocycles. The highest BCUT2D eigenvalue weighted by molar-refractivity contribution is 6.04. The summed E-state index contributed by atoms with van der Waals surface area (Å²) in [5.41, 5.74) is 1.83. The Morgan fingerprint density at radius 3 is 2.81 bits per heavy atom. The SMILES string of the molecule is CN1C(=O)[C@@H](CCC(=O)O)c2ccccc21. The van der Waals surface area contributed by atoms with E-state index in [2.05, 4.69) is 0 Å². The summed E-state index contributed by atoms with van der Waals surface area (Å²) in [6.07, 6.45) is 0.397. The summed E-state index contributed by atoms with van der Waals surface area (Å²) in [7, 11) is 1.72. The Bertz CT molecular complexity index is 442. The maximum Gasteiger partial charge on any atom is 0.303 e. The molecule has 0 spiro atoms. The van der Waals surface area contributed by atoms with Crippen LogP contribution in [0.3, 0.4) is 0 Å². The average Bonchev–Trinajstić information content (AvgIpc) is 2.50. The third-order valence-electron chi connectivity index (χ3n) is 2.95. The van der Waals surface area contributed by atoms with Crippen molar-refractivity contribution in [1.29, 1.82) is 0 Å². The van der Waals surface area contributed by atoms with E-state index in [1.54, 1.807) is 11.9 Å². The monoisotopic (exact) mass is 219 g/mol. The van der Waals surface area contributed by atoms with Crippen LogP contribution in [-0.4, -0.2) is 24.0 Å². The van der Waals surface area contributed by atoms with Gasteiger partial charge in [-0.2, -0.15) is 0 Å². The van der Waals surface area contributed by atoms with E-state index in [1.807, 2.05) is 24.3 Å². The molecule has 0 unspecified atom stereocenters. The number of carboxylic acid groups (broad SMARTS) is 1. The summed E-state index contributed by atoms with van der Waals surface area (Å²) in [5, 5.41) is 8.65. The van der Waals surface area contributed by atoms with Crippen LogP contribution in [0.15, 0.2) is 24.3 Å². The molecule has 84 valence electrons. The Balaban J connectivity index is 2.27. The Labute approximate surface area is 93.5 Å². The topological polar surface area (TPSA) is 57.6 Å². The Kier molecular flexibility index (Phi) is 2.64. The second-order valence-electron chi connectivity index (χ2n) is 3.94. The molecular weight excluding hydrogens is 206 g/mol. The summed E-state index contributed by atoms with van der Waals surface area (Å²) in [6, 6.07) is 7.53. The third kappa shape index (κ3) is 1.66. The van der Waals surface area contributed by atoms with Gasteiger partial charge in [-0.05, 0) is 18.1 Å². The average molecular weight is 219 g/mol. The zero-order chi connectivity index (χ0) is 11.7. The number of anilines is 1. The lowest BCUT2D eigenvalue weighted by Crippen LogP contribution is -2.24. The Morgan fingerprint density at radius 2 is 2.12 bits per heavy atom. The van der Waals surface area contributed by atoms with E-state index >= 15 is 0 Å². The second kappa shape index (κ2) is 3.96. The fourth-order valence-electron chi connectivity index (χ4n) is 2.12. The van der Waals surface area contributed by atoms with Crippen molar-refractivity contribution in [1.82, 2.24) is 0 Å². The number of likely N-dealkylation sites (N-methyl/N-ethyl adjacent to an activating group) is 1. The van der Waals surface area contributed by atoms with Crippen molar-refractivity contribution in [2.45, 2.75) is 18.8 Å². The minimum atomic E-state index is -0.861. The number of fused-ring (bicyclic) bond motifs is 1. The first-order chi connectivity index (χ1) is 7.61. The molecule has 1 aliphatic rings. The van der Waals surface area contributed by atoms with E-state index in [-0.39, 0.29) is 18.2 Å². The quantitative estimate of drug-likeness (QED) is 0.840. The van der Waals surface area contributed by atoms with Crippen molar-refractivity contribution < 1.29 is 14.7 Å². The van der Waals surface area contributed by atoms with E-state index in [1.165, 1.54) is 0 Å². The van der Waals surface area contributed by atoms with Crippen molar-refractivity contribution in [3.63, 3.8) is 0 Å². The molecule has 1 aromatic carbocycles. The number of carboxylic acids is 1. The third-order valence-corrected chi connectivity index (χ3v) is 2.95. The molecule has 2 rings (SSSR count). The van der Waals surface area contributed by atoms with Crippen molar-refractivity contribution in [3.8, 4) is 0 Å². The fourth-order valence-corrected chi connectivity index (χ4v) is 2.12. The highest BCUT2D eigenvalue weighted by atomic mass is 16.4. The van der Waals surface area contributed by atoms with Crippen LogP contribution < -0.4 is 4.90 Å². The lowest BCUT2D eigenvalue weighted by atomic mass is 9.96. The highest BCUT2D eigenvalue weighted by Gasteiger charge is 2.34. The molecule has 0 saturated heterocycles. The normalized spacial score (nSPS) is 18.7. The van der Waals surface area contributed by atoms with E-state index < -0.39 is 5.97 Å². The Hall–Kier alpha value is -1.84. The number of carbonyl (C=O) groups excluding carboxylic acids is 1. The second-order valence-corrected chi connectivity index (χ2v) is 3.94. The van der Waals surface area contributed by atoms with Gasteiger partial charge in [-0.15, -0.1) is 0 Å². The predicted molar refractivity (Wildman–Crippen MR) is 59.5 cm³/mol. The van der Waals surface area contributed by atoms with Gasteiger partial charge in [0.25, 0.3) is 0 Å². The summed E-state index contributed by atoms with van der Waals surface area (Å²) in [5.74, 6) is -1.17. The van der Waals surface area contributed by atoms with Crippen LogP contribution in [-0.2, 0) is 9.59 Å². The summed E-state index contributed by atoms with van der Waals surface area (Å²) < 4.78 is 0. The summed E-state index contributed by atoms with van der Waals surface area (Å²) in [4.78, 5) is 24.0. The van der Waals surface area contributed by atoms with Gasteiger partial charge < -0.3 is 10.0 Å².